The third-order valence-electron chi connectivity index (χ3n) is 5.97. The molecule has 30 heavy (non-hydrogen) atoms. The number of thiophene rings is 2. The number of hydrogen-bond donors (Lipinski definition) is 0. The highest BCUT2D eigenvalue weighted by molar-refractivity contribution is 7.46. The molecule has 4 aromatic carbocycles. The predicted molar refractivity (Wildman–Crippen MR) is 140 cm³/mol. The zero-order valence-corrected chi connectivity index (χ0v) is 19.5. The molecule has 0 amide bonds. The normalized spacial score (nSPS) is 11.9. The second-order valence-electron chi connectivity index (χ2n) is 8.11. The standard InChI is InChI=1S/C27H21PS2/c1-16-2-4-17(5-3-16)6-11-22-12-20-9-7-18-14-24-19(13-23(18)26(20)29-22)8-10-21-15-25(28)30-27(21)24/h2-5,7-10,12-15H,6,11,28H2,1H3. The van der Waals surface area contributed by atoms with Crippen molar-refractivity contribution in [2.75, 3.05) is 0 Å². The van der Waals surface area contributed by atoms with Gasteiger partial charge in [-0.1, -0.05) is 63.3 Å². The van der Waals surface area contributed by atoms with E-state index in [4.69, 9.17) is 0 Å². The van der Waals surface area contributed by atoms with Gasteiger partial charge in [0.1, 0.15) is 0 Å². The van der Waals surface area contributed by atoms with E-state index in [1.165, 1.54) is 62.3 Å². The van der Waals surface area contributed by atoms with Crippen LogP contribution in [0.1, 0.15) is 16.0 Å². The summed E-state index contributed by atoms with van der Waals surface area (Å²) < 4.78 is 4.11. The van der Waals surface area contributed by atoms with Crippen molar-refractivity contribution in [1.29, 1.82) is 0 Å². The quantitative estimate of drug-likeness (QED) is 0.193. The zero-order valence-electron chi connectivity index (χ0n) is 16.7. The van der Waals surface area contributed by atoms with Gasteiger partial charge in [0.2, 0.25) is 0 Å². The maximum Gasteiger partial charge on any atom is 0.0427 e. The molecule has 0 N–H and O–H groups in total. The summed E-state index contributed by atoms with van der Waals surface area (Å²) in [6, 6.07) is 27.5. The highest BCUT2D eigenvalue weighted by Crippen LogP contribution is 2.38. The molecular formula is C27H21PS2. The predicted octanol–water partition coefficient (Wildman–Crippen LogP) is 8.02. The van der Waals surface area contributed by atoms with Gasteiger partial charge in [-0.3, -0.25) is 0 Å². The Labute approximate surface area is 186 Å². The summed E-state index contributed by atoms with van der Waals surface area (Å²) in [5, 5.41) is 8.14. The second-order valence-corrected chi connectivity index (χ2v) is 11.4. The number of fused-ring (bicyclic) bond motifs is 6. The molecule has 0 aliphatic rings. The second kappa shape index (κ2) is 7.17. The summed E-state index contributed by atoms with van der Waals surface area (Å²) in [4.78, 5) is 1.47. The van der Waals surface area contributed by atoms with Crippen molar-refractivity contribution in [3.05, 3.63) is 88.8 Å². The molecule has 2 heterocycles. The number of aryl methyl sites for hydroxylation is 3. The van der Waals surface area contributed by atoms with Crippen molar-refractivity contribution in [2.24, 2.45) is 0 Å². The van der Waals surface area contributed by atoms with Crippen LogP contribution in [0.4, 0.5) is 0 Å². The van der Waals surface area contributed by atoms with E-state index in [-0.39, 0.29) is 0 Å². The van der Waals surface area contributed by atoms with Crippen LogP contribution in [-0.2, 0) is 12.8 Å². The van der Waals surface area contributed by atoms with Crippen molar-refractivity contribution < 1.29 is 0 Å². The molecule has 2 aromatic heterocycles. The Morgan fingerprint density at radius 3 is 1.93 bits per heavy atom. The molecule has 0 spiro atoms. The van der Waals surface area contributed by atoms with Crippen molar-refractivity contribution in [3.63, 3.8) is 0 Å². The SMILES string of the molecule is Cc1ccc(CCc2cc3ccc4cc5c(ccc6cc(P)sc65)cc4c3s2)cc1. The maximum atomic E-state index is 2.84. The average Bonchev–Trinajstić information content (AvgIpc) is 3.34. The van der Waals surface area contributed by atoms with Gasteiger partial charge in [-0.05, 0) is 71.1 Å². The smallest absolute Gasteiger partial charge is 0.0427 e. The summed E-state index contributed by atoms with van der Waals surface area (Å²) >= 11 is 3.83. The average molecular weight is 441 g/mol. The van der Waals surface area contributed by atoms with Crippen LogP contribution >= 0.6 is 31.9 Å². The summed E-state index contributed by atoms with van der Waals surface area (Å²) in [6.45, 7) is 2.15. The molecule has 3 heteroatoms. The molecule has 0 radical (unpaired) electrons. The Bertz CT molecular complexity index is 1550. The first kappa shape index (κ1) is 18.5. The minimum atomic E-state index is 1.10. The van der Waals surface area contributed by atoms with Gasteiger partial charge in [0.05, 0.1) is 0 Å². The number of rotatable bonds is 3. The lowest BCUT2D eigenvalue weighted by Crippen LogP contribution is -1.88. The van der Waals surface area contributed by atoms with E-state index in [1.807, 2.05) is 22.7 Å². The highest BCUT2D eigenvalue weighted by atomic mass is 32.1. The van der Waals surface area contributed by atoms with Crippen molar-refractivity contribution in [1.82, 2.24) is 0 Å². The lowest BCUT2D eigenvalue weighted by molar-refractivity contribution is 0.980. The van der Waals surface area contributed by atoms with Gasteiger partial charge < -0.3 is 0 Å². The summed E-state index contributed by atoms with van der Waals surface area (Å²) in [6.07, 6.45) is 2.20. The molecule has 0 bridgehead atoms. The molecule has 1 atom stereocenters. The van der Waals surface area contributed by atoms with Gasteiger partial charge in [-0.25, -0.2) is 0 Å². The van der Waals surface area contributed by atoms with Gasteiger partial charge >= 0.3 is 0 Å². The van der Waals surface area contributed by atoms with Crippen molar-refractivity contribution >= 4 is 78.2 Å². The third kappa shape index (κ3) is 3.15. The first-order chi connectivity index (χ1) is 14.6. The van der Waals surface area contributed by atoms with E-state index in [0.29, 0.717) is 0 Å². The van der Waals surface area contributed by atoms with Gasteiger partial charge in [-0.15, -0.1) is 22.7 Å². The van der Waals surface area contributed by atoms with Crippen molar-refractivity contribution in [2.45, 2.75) is 19.8 Å². The Kier molecular flexibility index (Phi) is 4.42. The molecule has 6 aromatic rings. The van der Waals surface area contributed by atoms with Crippen LogP contribution in [0.25, 0.3) is 41.7 Å². The molecule has 0 saturated carbocycles. The first-order valence-corrected chi connectivity index (χ1v) is 12.5. The van der Waals surface area contributed by atoms with E-state index in [9.17, 15) is 0 Å². The minimum absolute atomic E-state index is 1.10. The Morgan fingerprint density at radius 1 is 0.633 bits per heavy atom. The Morgan fingerprint density at radius 2 is 1.23 bits per heavy atom. The van der Waals surface area contributed by atoms with Crippen LogP contribution in [0, 0.1) is 6.92 Å². The zero-order chi connectivity index (χ0) is 20.2. The van der Waals surface area contributed by atoms with Gasteiger partial charge in [0.15, 0.2) is 0 Å². The van der Waals surface area contributed by atoms with Crippen molar-refractivity contribution in [3.8, 4) is 0 Å². The molecule has 1 unspecified atom stereocenters. The minimum Gasteiger partial charge on any atom is -0.140 e. The van der Waals surface area contributed by atoms with Gasteiger partial charge in [-0.2, -0.15) is 0 Å². The maximum absolute atomic E-state index is 2.84. The Balaban J connectivity index is 1.44. The van der Waals surface area contributed by atoms with Gasteiger partial charge in [0.25, 0.3) is 0 Å². The van der Waals surface area contributed by atoms with E-state index in [0.717, 1.165) is 12.8 Å². The summed E-state index contributed by atoms with van der Waals surface area (Å²) in [5.74, 6) is 0. The molecule has 6 rings (SSSR count). The van der Waals surface area contributed by atoms with E-state index in [1.54, 1.807) is 0 Å². The molecule has 0 nitrogen and oxygen atoms in total. The third-order valence-corrected chi connectivity index (χ3v) is 8.75. The highest BCUT2D eigenvalue weighted by Gasteiger charge is 2.10. The monoisotopic (exact) mass is 440 g/mol. The van der Waals surface area contributed by atoms with Crippen LogP contribution in [0.15, 0.2) is 72.8 Å². The van der Waals surface area contributed by atoms with Gasteiger partial charge in [0, 0.05) is 29.7 Å². The summed E-state index contributed by atoms with van der Waals surface area (Å²) in [5.41, 5.74) is 2.75. The van der Waals surface area contributed by atoms with Crippen LogP contribution in [-0.4, -0.2) is 0 Å². The fourth-order valence-corrected chi connectivity index (χ4v) is 7.03. The summed E-state index contributed by atoms with van der Waals surface area (Å²) in [7, 11) is 2.84. The number of hydrogen-bond acceptors (Lipinski definition) is 2. The number of benzene rings is 4. The Hall–Kier alpha value is -2.25. The van der Waals surface area contributed by atoms with E-state index in [2.05, 4.69) is 89.0 Å². The topological polar surface area (TPSA) is 0 Å². The lowest BCUT2D eigenvalue weighted by atomic mass is 10.0. The molecule has 0 saturated heterocycles. The molecular weight excluding hydrogens is 419 g/mol. The van der Waals surface area contributed by atoms with Crippen LogP contribution < -0.4 is 4.62 Å². The lowest BCUT2D eigenvalue weighted by Gasteiger charge is -2.05. The van der Waals surface area contributed by atoms with Crippen LogP contribution in [0.3, 0.4) is 0 Å². The van der Waals surface area contributed by atoms with E-state index >= 15 is 0 Å². The van der Waals surface area contributed by atoms with Crippen LogP contribution in [0.2, 0.25) is 0 Å². The first-order valence-electron chi connectivity index (χ1n) is 10.3. The molecule has 0 fully saturated rings. The molecule has 0 aliphatic heterocycles. The van der Waals surface area contributed by atoms with Crippen LogP contribution in [0.5, 0.6) is 0 Å². The van der Waals surface area contributed by atoms with E-state index < -0.39 is 0 Å². The molecule has 0 aliphatic carbocycles. The largest absolute Gasteiger partial charge is 0.140 e. The fraction of sp³-hybridized carbons (Fsp3) is 0.111. The fourth-order valence-electron chi connectivity index (χ4n) is 4.36. The molecule has 146 valence electrons.